The molecule has 1 saturated carbocycles. The Bertz CT molecular complexity index is 603. The number of hydrogen-bond donors (Lipinski definition) is 1. The second-order valence-corrected chi connectivity index (χ2v) is 7.16. The zero-order valence-corrected chi connectivity index (χ0v) is 16.0. The average Bonchev–Trinajstić information content (AvgIpc) is 3.15. The van der Waals surface area contributed by atoms with Gasteiger partial charge in [0.15, 0.2) is 11.5 Å². The topological polar surface area (TPSA) is 60.0 Å². The minimum Gasteiger partial charge on any atom is -0.493 e. The van der Waals surface area contributed by atoms with Crippen molar-refractivity contribution in [2.24, 2.45) is 0 Å². The Labute approximate surface area is 155 Å². The van der Waals surface area contributed by atoms with Crippen molar-refractivity contribution in [3.8, 4) is 17.2 Å². The number of carbonyl (C=O) groups is 1. The van der Waals surface area contributed by atoms with E-state index >= 15 is 0 Å². The molecule has 6 heteroatoms. The average molecular weight is 362 g/mol. The highest BCUT2D eigenvalue weighted by Gasteiger charge is 2.30. The summed E-state index contributed by atoms with van der Waals surface area (Å²) in [5, 5.41) is 3.17. The number of rotatable bonds is 6. The van der Waals surface area contributed by atoms with Gasteiger partial charge in [0.25, 0.3) is 5.91 Å². The summed E-state index contributed by atoms with van der Waals surface area (Å²) in [6.07, 6.45) is 7.65. The summed E-state index contributed by atoms with van der Waals surface area (Å²) in [6, 6.07) is 4.30. The third-order valence-corrected chi connectivity index (χ3v) is 5.57. The van der Waals surface area contributed by atoms with E-state index in [-0.39, 0.29) is 11.9 Å². The van der Waals surface area contributed by atoms with Crippen LogP contribution in [0.3, 0.4) is 0 Å². The lowest BCUT2D eigenvalue weighted by Gasteiger charge is -2.31. The molecular weight excluding hydrogens is 332 g/mol. The van der Waals surface area contributed by atoms with Crippen LogP contribution in [0.5, 0.6) is 17.2 Å². The van der Waals surface area contributed by atoms with Crippen LogP contribution in [0.1, 0.15) is 48.9 Å². The number of nitrogens with one attached hydrogen (secondary N) is 1. The van der Waals surface area contributed by atoms with Crippen molar-refractivity contribution in [1.82, 2.24) is 10.2 Å². The number of hydrogen-bond acceptors (Lipinski definition) is 5. The molecule has 6 nitrogen and oxygen atoms in total. The Balaban J connectivity index is 1.65. The summed E-state index contributed by atoms with van der Waals surface area (Å²) in [5.41, 5.74) is 0.524. The molecule has 0 aromatic heterocycles. The first kappa shape index (κ1) is 18.8. The number of ether oxygens (including phenoxy) is 3. The predicted octanol–water partition coefficient (Wildman–Crippen LogP) is 2.85. The van der Waals surface area contributed by atoms with Gasteiger partial charge < -0.3 is 19.5 Å². The number of likely N-dealkylation sites (tertiary alicyclic amines) is 1. The van der Waals surface area contributed by atoms with Crippen molar-refractivity contribution in [3.05, 3.63) is 17.7 Å². The van der Waals surface area contributed by atoms with E-state index in [4.69, 9.17) is 14.2 Å². The van der Waals surface area contributed by atoms with Crippen molar-refractivity contribution >= 4 is 5.91 Å². The lowest BCUT2D eigenvalue weighted by atomic mass is 9.94. The molecule has 1 aliphatic heterocycles. The van der Waals surface area contributed by atoms with Crippen molar-refractivity contribution in [2.45, 2.75) is 50.6 Å². The third-order valence-electron chi connectivity index (χ3n) is 5.57. The molecule has 2 fully saturated rings. The van der Waals surface area contributed by atoms with E-state index in [1.54, 1.807) is 33.5 Å². The minimum absolute atomic E-state index is 0.0975. The molecule has 1 unspecified atom stereocenters. The molecule has 2 aliphatic rings. The predicted molar refractivity (Wildman–Crippen MR) is 100 cm³/mol. The maximum Gasteiger partial charge on any atom is 0.251 e. The normalized spacial score (nSPS) is 21.4. The van der Waals surface area contributed by atoms with Gasteiger partial charge in [-0.2, -0.15) is 0 Å². The summed E-state index contributed by atoms with van der Waals surface area (Å²) in [6.45, 7) is 2.02. The van der Waals surface area contributed by atoms with Crippen molar-refractivity contribution in [1.29, 1.82) is 0 Å². The van der Waals surface area contributed by atoms with Gasteiger partial charge in [-0.1, -0.05) is 19.3 Å². The molecule has 3 rings (SSSR count). The molecule has 1 amide bonds. The van der Waals surface area contributed by atoms with Crippen LogP contribution in [0.4, 0.5) is 0 Å². The Morgan fingerprint density at radius 2 is 1.65 bits per heavy atom. The Morgan fingerprint density at radius 3 is 2.23 bits per heavy atom. The Kier molecular flexibility index (Phi) is 6.25. The lowest BCUT2D eigenvalue weighted by molar-refractivity contribution is 0.0934. The summed E-state index contributed by atoms with van der Waals surface area (Å²) >= 11 is 0. The van der Waals surface area contributed by atoms with Gasteiger partial charge in [-0.3, -0.25) is 9.69 Å². The molecule has 0 bridgehead atoms. The number of carbonyl (C=O) groups excluding carboxylic acids is 1. The molecule has 1 atom stereocenters. The SMILES string of the molecule is COc1cc(C(=O)NC2CCN(C3CCCCC3)C2)cc(OC)c1OC. The van der Waals surface area contributed by atoms with Crippen molar-refractivity contribution in [3.63, 3.8) is 0 Å². The van der Waals surface area contributed by atoms with Crippen LogP contribution < -0.4 is 19.5 Å². The van der Waals surface area contributed by atoms with E-state index in [1.807, 2.05) is 0 Å². The zero-order valence-electron chi connectivity index (χ0n) is 16.0. The highest BCUT2D eigenvalue weighted by Crippen LogP contribution is 2.38. The number of amides is 1. The first-order chi connectivity index (χ1) is 12.7. The standard InChI is InChI=1S/C20H30N2O4/c1-24-17-11-14(12-18(25-2)19(17)26-3)20(23)21-15-9-10-22(13-15)16-7-5-4-6-8-16/h11-12,15-16H,4-10,13H2,1-3H3,(H,21,23). The fourth-order valence-electron chi connectivity index (χ4n) is 4.16. The van der Waals surface area contributed by atoms with Gasteiger partial charge in [0, 0.05) is 30.7 Å². The fourth-order valence-corrected chi connectivity index (χ4v) is 4.16. The quantitative estimate of drug-likeness (QED) is 0.843. The molecule has 0 spiro atoms. The van der Waals surface area contributed by atoms with Gasteiger partial charge in [0.2, 0.25) is 5.75 Å². The van der Waals surface area contributed by atoms with E-state index in [1.165, 1.54) is 32.1 Å². The molecule has 26 heavy (non-hydrogen) atoms. The second kappa shape index (κ2) is 8.62. The van der Waals surface area contributed by atoms with Crippen molar-refractivity contribution < 1.29 is 19.0 Å². The Morgan fingerprint density at radius 1 is 1.00 bits per heavy atom. The maximum atomic E-state index is 12.7. The fraction of sp³-hybridized carbons (Fsp3) is 0.650. The molecule has 0 radical (unpaired) electrons. The van der Waals surface area contributed by atoms with Gasteiger partial charge in [0.1, 0.15) is 0 Å². The summed E-state index contributed by atoms with van der Waals surface area (Å²) < 4.78 is 16.0. The van der Waals surface area contributed by atoms with Gasteiger partial charge in [0.05, 0.1) is 21.3 Å². The van der Waals surface area contributed by atoms with Gasteiger partial charge in [-0.05, 0) is 31.4 Å². The van der Waals surface area contributed by atoms with Crippen LogP contribution in [-0.2, 0) is 0 Å². The van der Waals surface area contributed by atoms with Crippen LogP contribution in [0.25, 0.3) is 0 Å². The highest BCUT2D eigenvalue weighted by molar-refractivity contribution is 5.95. The molecule has 1 aliphatic carbocycles. The lowest BCUT2D eigenvalue weighted by Crippen LogP contribution is -2.40. The number of methoxy groups -OCH3 is 3. The molecular formula is C20H30N2O4. The monoisotopic (exact) mass is 362 g/mol. The molecule has 1 aromatic rings. The smallest absolute Gasteiger partial charge is 0.251 e. The van der Waals surface area contributed by atoms with E-state index in [2.05, 4.69) is 10.2 Å². The number of benzene rings is 1. The molecule has 144 valence electrons. The van der Waals surface area contributed by atoms with Crippen LogP contribution in [0.15, 0.2) is 12.1 Å². The van der Waals surface area contributed by atoms with Crippen molar-refractivity contribution in [2.75, 3.05) is 34.4 Å². The van der Waals surface area contributed by atoms with Crippen LogP contribution in [0, 0.1) is 0 Å². The first-order valence-electron chi connectivity index (χ1n) is 9.51. The maximum absolute atomic E-state index is 12.7. The molecule has 1 N–H and O–H groups in total. The van der Waals surface area contributed by atoms with Crippen LogP contribution in [0.2, 0.25) is 0 Å². The van der Waals surface area contributed by atoms with E-state index in [0.29, 0.717) is 28.9 Å². The van der Waals surface area contributed by atoms with Gasteiger partial charge >= 0.3 is 0 Å². The molecule has 1 aromatic carbocycles. The molecule has 1 saturated heterocycles. The van der Waals surface area contributed by atoms with Gasteiger partial charge in [-0.15, -0.1) is 0 Å². The summed E-state index contributed by atoms with van der Waals surface area (Å²) in [7, 11) is 4.66. The second-order valence-electron chi connectivity index (χ2n) is 7.16. The first-order valence-corrected chi connectivity index (χ1v) is 9.51. The van der Waals surface area contributed by atoms with E-state index < -0.39 is 0 Å². The largest absolute Gasteiger partial charge is 0.493 e. The van der Waals surface area contributed by atoms with E-state index in [9.17, 15) is 4.79 Å². The van der Waals surface area contributed by atoms with E-state index in [0.717, 1.165) is 19.5 Å². The Hall–Kier alpha value is -1.95. The zero-order chi connectivity index (χ0) is 18.5. The highest BCUT2D eigenvalue weighted by atomic mass is 16.5. The van der Waals surface area contributed by atoms with Crippen LogP contribution in [-0.4, -0.2) is 57.3 Å². The van der Waals surface area contributed by atoms with Crippen LogP contribution >= 0.6 is 0 Å². The summed E-state index contributed by atoms with van der Waals surface area (Å²) in [4.78, 5) is 15.3. The molecule has 1 heterocycles. The number of nitrogens with zero attached hydrogens (tertiary/aromatic N) is 1. The third kappa shape index (κ3) is 4.06. The minimum atomic E-state index is -0.0975. The van der Waals surface area contributed by atoms with Gasteiger partial charge in [-0.25, -0.2) is 0 Å². The summed E-state index contributed by atoms with van der Waals surface area (Å²) in [5.74, 6) is 1.38.